The molecule has 0 aliphatic rings. The highest BCUT2D eigenvalue weighted by molar-refractivity contribution is 7.11. The van der Waals surface area contributed by atoms with E-state index in [1.165, 1.54) is 16.1 Å². The second-order valence-corrected chi connectivity index (χ2v) is 6.51. The number of methoxy groups -OCH3 is 1. The lowest BCUT2D eigenvalue weighted by atomic mass is 10.1. The molecule has 1 aromatic carbocycles. The molecular formula is C17H24N2OS. The van der Waals surface area contributed by atoms with Gasteiger partial charge < -0.3 is 10.1 Å². The number of para-hydroxylation sites is 1. The van der Waals surface area contributed by atoms with Crippen molar-refractivity contribution in [3.8, 4) is 5.75 Å². The first-order valence-corrected chi connectivity index (χ1v) is 8.28. The standard InChI is InChI=1S/C17H24N2OS/c1-5-18-11-15-17(12(2)3)19-16(21-15)10-13-8-6-7-9-14(13)20-4/h6-9,12,18H,5,10-11H2,1-4H3. The van der Waals surface area contributed by atoms with Gasteiger partial charge in [0.15, 0.2) is 0 Å². The van der Waals surface area contributed by atoms with Gasteiger partial charge in [0.25, 0.3) is 0 Å². The van der Waals surface area contributed by atoms with Gasteiger partial charge >= 0.3 is 0 Å². The van der Waals surface area contributed by atoms with Gasteiger partial charge in [-0.15, -0.1) is 11.3 Å². The molecule has 21 heavy (non-hydrogen) atoms. The second kappa shape index (κ2) is 7.57. The number of benzene rings is 1. The van der Waals surface area contributed by atoms with E-state index in [9.17, 15) is 0 Å². The van der Waals surface area contributed by atoms with Gasteiger partial charge in [-0.1, -0.05) is 39.0 Å². The van der Waals surface area contributed by atoms with Crippen LogP contribution in [0.4, 0.5) is 0 Å². The molecule has 114 valence electrons. The van der Waals surface area contributed by atoms with E-state index >= 15 is 0 Å². The van der Waals surface area contributed by atoms with Crippen LogP contribution in [0.15, 0.2) is 24.3 Å². The lowest BCUT2D eigenvalue weighted by Crippen LogP contribution is -2.12. The summed E-state index contributed by atoms with van der Waals surface area (Å²) < 4.78 is 5.43. The molecule has 0 bridgehead atoms. The molecule has 3 nitrogen and oxygen atoms in total. The van der Waals surface area contributed by atoms with Gasteiger partial charge in [0.1, 0.15) is 5.75 Å². The van der Waals surface area contributed by atoms with Crippen molar-refractivity contribution in [1.29, 1.82) is 0 Å². The quantitative estimate of drug-likeness (QED) is 0.840. The number of thiazole rings is 1. The summed E-state index contributed by atoms with van der Waals surface area (Å²) in [7, 11) is 1.72. The molecule has 0 aliphatic carbocycles. The number of aromatic nitrogens is 1. The van der Waals surface area contributed by atoms with E-state index in [2.05, 4.69) is 32.2 Å². The average Bonchev–Trinajstić information content (AvgIpc) is 2.89. The van der Waals surface area contributed by atoms with Crippen molar-refractivity contribution < 1.29 is 4.74 Å². The summed E-state index contributed by atoms with van der Waals surface area (Å²) in [4.78, 5) is 6.21. The molecule has 0 amide bonds. The van der Waals surface area contributed by atoms with Crippen LogP contribution < -0.4 is 10.1 Å². The molecule has 1 N–H and O–H groups in total. The number of hydrogen-bond donors (Lipinski definition) is 1. The predicted molar refractivity (Wildman–Crippen MR) is 89.4 cm³/mol. The van der Waals surface area contributed by atoms with Crippen molar-refractivity contribution in [2.75, 3.05) is 13.7 Å². The van der Waals surface area contributed by atoms with Crippen molar-refractivity contribution >= 4 is 11.3 Å². The molecule has 0 saturated carbocycles. The Morgan fingerprint density at radius 2 is 2.05 bits per heavy atom. The molecule has 0 atom stereocenters. The van der Waals surface area contributed by atoms with Crippen molar-refractivity contribution in [2.45, 2.75) is 39.7 Å². The monoisotopic (exact) mass is 304 g/mol. The van der Waals surface area contributed by atoms with Crippen LogP contribution in [0, 0.1) is 0 Å². The number of ether oxygens (including phenoxy) is 1. The molecule has 0 spiro atoms. The maximum absolute atomic E-state index is 5.43. The van der Waals surface area contributed by atoms with Crippen molar-refractivity contribution in [3.63, 3.8) is 0 Å². The first-order valence-electron chi connectivity index (χ1n) is 7.46. The van der Waals surface area contributed by atoms with Crippen LogP contribution in [-0.4, -0.2) is 18.6 Å². The largest absolute Gasteiger partial charge is 0.496 e. The third-order valence-electron chi connectivity index (χ3n) is 3.39. The Bertz CT molecular complexity index is 578. The lowest BCUT2D eigenvalue weighted by Gasteiger charge is -2.06. The Morgan fingerprint density at radius 3 is 2.71 bits per heavy atom. The van der Waals surface area contributed by atoms with Gasteiger partial charge in [-0.05, 0) is 18.5 Å². The minimum absolute atomic E-state index is 0.460. The molecule has 0 unspecified atom stereocenters. The smallest absolute Gasteiger partial charge is 0.122 e. The van der Waals surface area contributed by atoms with Crippen LogP contribution in [0.25, 0.3) is 0 Å². The van der Waals surface area contributed by atoms with Crippen LogP contribution in [0.5, 0.6) is 5.75 Å². The Kier molecular flexibility index (Phi) is 5.76. The Hall–Kier alpha value is -1.39. The molecule has 0 fully saturated rings. The molecule has 2 rings (SSSR count). The zero-order valence-electron chi connectivity index (χ0n) is 13.3. The maximum atomic E-state index is 5.43. The zero-order valence-corrected chi connectivity index (χ0v) is 14.1. The van der Waals surface area contributed by atoms with E-state index in [0.29, 0.717) is 5.92 Å². The van der Waals surface area contributed by atoms with Crippen LogP contribution in [0.2, 0.25) is 0 Å². The Morgan fingerprint density at radius 1 is 1.29 bits per heavy atom. The zero-order chi connectivity index (χ0) is 15.2. The van der Waals surface area contributed by atoms with Crippen molar-refractivity contribution in [2.24, 2.45) is 0 Å². The average molecular weight is 304 g/mol. The summed E-state index contributed by atoms with van der Waals surface area (Å²) in [6, 6.07) is 8.17. The summed E-state index contributed by atoms with van der Waals surface area (Å²) in [5, 5.41) is 4.57. The van der Waals surface area contributed by atoms with Crippen LogP contribution in [0.3, 0.4) is 0 Å². The molecular weight excluding hydrogens is 280 g/mol. The van der Waals surface area contributed by atoms with Gasteiger partial charge in [-0.3, -0.25) is 0 Å². The molecule has 1 aromatic heterocycles. The number of nitrogens with one attached hydrogen (secondary N) is 1. The fourth-order valence-corrected chi connectivity index (χ4v) is 3.53. The van der Waals surface area contributed by atoms with E-state index in [1.807, 2.05) is 29.5 Å². The maximum Gasteiger partial charge on any atom is 0.122 e. The van der Waals surface area contributed by atoms with Crippen LogP contribution >= 0.6 is 11.3 Å². The summed E-state index contributed by atoms with van der Waals surface area (Å²) in [6.45, 7) is 8.44. The molecule has 0 saturated heterocycles. The van der Waals surface area contributed by atoms with Gasteiger partial charge in [0.2, 0.25) is 0 Å². The molecule has 2 aromatic rings. The summed E-state index contributed by atoms with van der Waals surface area (Å²) in [5.74, 6) is 1.40. The SMILES string of the molecule is CCNCc1sc(Cc2ccccc2OC)nc1C(C)C. The lowest BCUT2D eigenvalue weighted by molar-refractivity contribution is 0.410. The van der Waals surface area contributed by atoms with Gasteiger partial charge in [-0.2, -0.15) is 0 Å². The van der Waals surface area contributed by atoms with E-state index in [4.69, 9.17) is 9.72 Å². The fraction of sp³-hybridized carbons (Fsp3) is 0.471. The van der Waals surface area contributed by atoms with Crippen LogP contribution in [-0.2, 0) is 13.0 Å². The highest BCUT2D eigenvalue weighted by Gasteiger charge is 2.15. The van der Waals surface area contributed by atoms with Crippen molar-refractivity contribution in [3.05, 3.63) is 45.4 Å². The summed E-state index contributed by atoms with van der Waals surface area (Å²) in [6.07, 6.45) is 0.834. The minimum atomic E-state index is 0.460. The van der Waals surface area contributed by atoms with Gasteiger partial charge in [0.05, 0.1) is 17.8 Å². The predicted octanol–water partition coefficient (Wildman–Crippen LogP) is 3.98. The van der Waals surface area contributed by atoms with Gasteiger partial charge in [0, 0.05) is 23.4 Å². The molecule has 4 heteroatoms. The summed E-state index contributed by atoms with van der Waals surface area (Å²) >= 11 is 1.81. The third kappa shape index (κ3) is 4.05. The Balaban J connectivity index is 2.23. The first-order chi connectivity index (χ1) is 10.2. The number of rotatable bonds is 7. The van der Waals surface area contributed by atoms with E-state index in [1.54, 1.807) is 7.11 Å². The highest BCUT2D eigenvalue weighted by atomic mass is 32.1. The fourth-order valence-electron chi connectivity index (χ4n) is 2.32. The normalized spacial score (nSPS) is 11.1. The van der Waals surface area contributed by atoms with Gasteiger partial charge in [-0.25, -0.2) is 4.98 Å². The third-order valence-corrected chi connectivity index (χ3v) is 4.46. The first kappa shape index (κ1) is 16.0. The van der Waals surface area contributed by atoms with E-state index < -0.39 is 0 Å². The van der Waals surface area contributed by atoms with Crippen LogP contribution in [0.1, 0.15) is 47.8 Å². The number of hydrogen-bond acceptors (Lipinski definition) is 4. The second-order valence-electron chi connectivity index (χ2n) is 5.34. The molecule has 0 radical (unpaired) electrons. The van der Waals surface area contributed by atoms with E-state index in [0.717, 1.165) is 30.3 Å². The molecule has 1 heterocycles. The Labute approximate surface area is 131 Å². The highest BCUT2D eigenvalue weighted by Crippen LogP contribution is 2.28. The number of nitrogens with zero attached hydrogens (tertiary/aromatic N) is 1. The minimum Gasteiger partial charge on any atom is -0.496 e. The van der Waals surface area contributed by atoms with E-state index in [-0.39, 0.29) is 0 Å². The topological polar surface area (TPSA) is 34.1 Å². The summed E-state index contributed by atoms with van der Waals surface area (Å²) in [5.41, 5.74) is 2.42. The molecule has 0 aliphatic heterocycles. The van der Waals surface area contributed by atoms with Crippen molar-refractivity contribution in [1.82, 2.24) is 10.3 Å².